The first-order valence-corrected chi connectivity index (χ1v) is 10.9. The van der Waals surface area contributed by atoms with Gasteiger partial charge in [0.15, 0.2) is 5.17 Å². The van der Waals surface area contributed by atoms with E-state index in [9.17, 15) is 0 Å². The molecule has 0 atom stereocenters. The number of thioether (sulfide) groups is 1. The zero-order valence-electron chi connectivity index (χ0n) is 15.9. The van der Waals surface area contributed by atoms with Crippen molar-refractivity contribution in [1.29, 1.82) is 10.7 Å². The standard InChI is InChI=1S/C21H33N3S/c1-3-4-5-6-7-8-9-10-11-12-17-24(21(23)25-2)20-15-13-19(18-22)14-16-20/h13-16,23H,3-12,17H2,1-2H3. The lowest BCUT2D eigenvalue weighted by atomic mass is 10.1. The second kappa shape index (κ2) is 13.8. The monoisotopic (exact) mass is 359 g/mol. The average Bonchev–Trinajstić information content (AvgIpc) is 2.66. The van der Waals surface area contributed by atoms with E-state index in [0.29, 0.717) is 10.7 Å². The highest BCUT2D eigenvalue weighted by Gasteiger charge is 2.11. The van der Waals surface area contributed by atoms with E-state index in [1.807, 2.05) is 30.5 Å². The number of unbranched alkanes of at least 4 members (excludes halogenated alkanes) is 9. The van der Waals surface area contributed by atoms with Gasteiger partial charge in [0.1, 0.15) is 0 Å². The number of nitrogens with zero attached hydrogens (tertiary/aromatic N) is 2. The Morgan fingerprint density at radius 2 is 1.48 bits per heavy atom. The van der Waals surface area contributed by atoms with Crippen LogP contribution in [0.2, 0.25) is 0 Å². The first kappa shape index (κ1) is 21.6. The normalized spacial score (nSPS) is 10.4. The molecular weight excluding hydrogens is 326 g/mol. The molecule has 1 aromatic rings. The molecule has 3 nitrogen and oxygen atoms in total. The Morgan fingerprint density at radius 1 is 0.960 bits per heavy atom. The molecule has 0 amide bonds. The van der Waals surface area contributed by atoms with E-state index in [-0.39, 0.29) is 0 Å². The van der Waals surface area contributed by atoms with E-state index < -0.39 is 0 Å². The lowest BCUT2D eigenvalue weighted by molar-refractivity contribution is 0.558. The molecule has 4 heteroatoms. The fourth-order valence-corrected chi connectivity index (χ4v) is 3.35. The topological polar surface area (TPSA) is 50.9 Å². The summed E-state index contributed by atoms with van der Waals surface area (Å²) in [6.07, 6.45) is 15.1. The largest absolute Gasteiger partial charge is 0.321 e. The van der Waals surface area contributed by atoms with Gasteiger partial charge in [-0.15, -0.1) is 0 Å². The summed E-state index contributed by atoms with van der Waals surface area (Å²) in [4.78, 5) is 2.05. The van der Waals surface area contributed by atoms with Crippen LogP contribution in [0.1, 0.15) is 76.7 Å². The van der Waals surface area contributed by atoms with Crippen molar-refractivity contribution in [2.45, 2.75) is 71.1 Å². The first-order chi connectivity index (χ1) is 12.2. The minimum absolute atomic E-state index is 0.570. The van der Waals surface area contributed by atoms with Crippen LogP contribution in [-0.2, 0) is 0 Å². The predicted molar refractivity (Wildman–Crippen MR) is 112 cm³/mol. The molecule has 25 heavy (non-hydrogen) atoms. The maximum atomic E-state index is 8.92. The molecule has 1 aromatic carbocycles. The van der Waals surface area contributed by atoms with Gasteiger partial charge in [-0.25, -0.2) is 0 Å². The van der Waals surface area contributed by atoms with Crippen LogP contribution in [0.5, 0.6) is 0 Å². The Morgan fingerprint density at radius 3 is 1.96 bits per heavy atom. The molecule has 1 N–H and O–H groups in total. The zero-order chi connectivity index (χ0) is 18.3. The fraction of sp³-hybridized carbons (Fsp3) is 0.619. The number of hydrogen-bond acceptors (Lipinski definition) is 3. The summed E-state index contributed by atoms with van der Waals surface area (Å²) in [5.41, 5.74) is 1.67. The number of benzene rings is 1. The van der Waals surface area contributed by atoms with Crippen molar-refractivity contribution in [3.63, 3.8) is 0 Å². The van der Waals surface area contributed by atoms with Crippen molar-refractivity contribution < 1.29 is 0 Å². The van der Waals surface area contributed by atoms with Gasteiger partial charge in [0.2, 0.25) is 0 Å². The smallest absolute Gasteiger partial charge is 0.160 e. The molecule has 0 bridgehead atoms. The van der Waals surface area contributed by atoms with Crippen molar-refractivity contribution in [1.82, 2.24) is 0 Å². The molecule has 0 heterocycles. The number of rotatable bonds is 12. The van der Waals surface area contributed by atoms with E-state index in [0.717, 1.165) is 18.7 Å². The molecule has 0 aliphatic carbocycles. The minimum atomic E-state index is 0.570. The summed E-state index contributed by atoms with van der Waals surface area (Å²) < 4.78 is 0. The van der Waals surface area contributed by atoms with Gasteiger partial charge in [0, 0.05) is 12.2 Å². The van der Waals surface area contributed by atoms with Crippen molar-refractivity contribution in [2.75, 3.05) is 17.7 Å². The van der Waals surface area contributed by atoms with Crippen molar-refractivity contribution in [3.05, 3.63) is 29.8 Å². The second-order valence-electron chi connectivity index (χ2n) is 6.50. The molecule has 0 fully saturated rings. The molecule has 0 saturated carbocycles. The van der Waals surface area contributed by atoms with Crippen LogP contribution in [0.25, 0.3) is 0 Å². The van der Waals surface area contributed by atoms with Crippen LogP contribution < -0.4 is 4.90 Å². The zero-order valence-corrected chi connectivity index (χ0v) is 16.7. The SMILES string of the molecule is CCCCCCCCCCCCN(C(=N)SC)c1ccc(C#N)cc1. The highest BCUT2D eigenvalue weighted by atomic mass is 32.2. The maximum absolute atomic E-state index is 8.92. The summed E-state index contributed by atoms with van der Waals surface area (Å²) in [6.45, 7) is 3.14. The third kappa shape index (κ3) is 8.97. The van der Waals surface area contributed by atoms with Crippen molar-refractivity contribution >= 4 is 22.6 Å². The van der Waals surface area contributed by atoms with E-state index in [4.69, 9.17) is 10.7 Å². The van der Waals surface area contributed by atoms with Gasteiger partial charge >= 0.3 is 0 Å². The molecule has 0 aliphatic rings. The quantitative estimate of drug-likeness (QED) is 0.260. The summed E-state index contributed by atoms with van der Waals surface area (Å²) in [5, 5.41) is 17.7. The van der Waals surface area contributed by atoms with E-state index in [1.54, 1.807) is 0 Å². The highest BCUT2D eigenvalue weighted by Crippen LogP contribution is 2.20. The predicted octanol–water partition coefficient (Wildman–Crippen LogP) is 6.58. The van der Waals surface area contributed by atoms with Gasteiger partial charge in [0.25, 0.3) is 0 Å². The number of nitriles is 1. The number of nitrogens with one attached hydrogen (secondary N) is 1. The molecule has 0 radical (unpaired) electrons. The Balaban J connectivity index is 2.28. The number of anilines is 1. The van der Waals surface area contributed by atoms with Crippen LogP contribution >= 0.6 is 11.8 Å². The van der Waals surface area contributed by atoms with Crippen LogP contribution in [0.4, 0.5) is 5.69 Å². The Bertz CT molecular complexity index is 519. The lowest BCUT2D eigenvalue weighted by Crippen LogP contribution is -2.28. The van der Waals surface area contributed by atoms with Crippen molar-refractivity contribution in [3.8, 4) is 6.07 Å². The first-order valence-electron chi connectivity index (χ1n) is 9.63. The molecule has 138 valence electrons. The van der Waals surface area contributed by atoms with Crippen molar-refractivity contribution in [2.24, 2.45) is 0 Å². The Hall–Kier alpha value is -1.47. The molecular formula is C21H33N3S. The minimum Gasteiger partial charge on any atom is -0.321 e. The van der Waals surface area contributed by atoms with Gasteiger partial charge in [-0.1, -0.05) is 76.5 Å². The van der Waals surface area contributed by atoms with Crippen LogP contribution in [0, 0.1) is 16.7 Å². The van der Waals surface area contributed by atoms with Crippen LogP contribution in [0.15, 0.2) is 24.3 Å². The van der Waals surface area contributed by atoms with Crippen LogP contribution in [-0.4, -0.2) is 18.0 Å². The van der Waals surface area contributed by atoms with Gasteiger partial charge < -0.3 is 4.90 Å². The van der Waals surface area contributed by atoms with E-state index in [2.05, 4.69) is 17.9 Å². The van der Waals surface area contributed by atoms with E-state index in [1.165, 1.54) is 69.5 Å². The molecule has 0 unspecified atom stereocenters. The number of amidine groups is 1. The Kier molecular flexibility index (Phi) is 11.9. The maximum Gasteiger partial charge on any atom is 0.160 e. The van der Waals surface area contributed by atoms with Gasteiger partial charge in [-0.3, -0.25) is 5.41 Å². The van der Waals surface area contributed by atoms with E-state index >= 15 is 0 Å². The molecule has 1 rings (SSSR count). The molecule has 0 aliphatic heterocycles. The summed E-state index contributed by atoms with van der Waals surface area (Å²) in [5.74, 6) is 0. The molecule has 0 spiro atoms. The summed E-state index contributed by atoms with van der Waals surface area (Å²) in [7, 11) is 0. The summed E-state index contributed by atoms with van der Waals surface area (Å²) >= 11 is 1.46. The third-order valence-electron chi connectivity index (χ3n) is 4.48. The number of hydrogen-bond donors (Lipinski definition) is 1. The second-order valence-corrected chi connectivity index (χ2v) is 7.30. The average molecular weight is 360 g/mol. The van der Waals surface area contributed by atoms with Gasteiger partial charge in [0.05, 0.1) is 11.6 Å². The Labute approximate surface area is 158 Å². The van der Waals surface area contributed by atoms with Gasteiger partial charge in [-0.05, 0) is 36.9 Å². The lowest BCUT2D eigenvalue weighted by Gasteiger charge is -2.24. The fourth-order valence-electron chi connectivity index (χ4n) is 2.93. The third-order valence-corrected chi connectivity index (χ3v) is 5.09. The summed E-state index contributed by atoms with van der Waals surface area (Å²) in [6, 6.07) is 9.69. The molecule has 0 saturated heterocycles. The van der Waals surface area contributed by atoms with Crippen LogP contribution in [0.3, 0.4) is 0 Å². The van der Waals surface area contributed by atoms with Gasteiger partial charge in [-0.2, -0.15) is 5.26 Å². The molecule has 0 aromatic heterocycles. The highest BCUT2D eigenvalue weighted by molar-refractivity contribution is 8.13.